The monoisotopic (exact) mass is 974 g/mol. The fourth-order valence-corrected chi connectivity index (χ4v) is 12.6. The van der Waals surface area contributed by atoms with Crippen LogP contribution in [0.5, 0.6) is 0 Å². The van der Waals surface area contributed by atoms with Crippen LogP contribution in [0.1, 0.15) is 35.4 Å². The molecule has 0 unspecified atom stereocenters. The van der Waals surface area contributed by atoms with Crippen LogP contribution in [0, 0.1) is 0 Å². The third kappa shape index (κ3) is 6.24. The first kappa shape index (κ1) is 42.6. The van der Waals surface area contributed by atoms with Crippen molar-refractivity contribution in [1.29, 1.82) is 0 Å². The minimum absolute atomic E-state index is 0.465. The second kappa shape index (κ2) is 16.8. The Labute approximate surface area is 437 Å². The van der Waals surface area contributed by atoms with E-state index in [0.29, 0.717) is 23.2 Å². The smallest absolute Gasteiger partial charge is 0.184 e. The van der Waals surface area contributed by atoms with Gasteiger partial charge in [0.1, 0.15) is 22.8 Å². The first-order valence-electron chi connectivity index (χ1n) is 26.3. The first-order chi connectivity index (χ1) is 37.8. The molecule has 8 heteroatoms. The molecule has 0 saturated heterocycles. The molecule has 14 aromatic rings. The molecule has 0 spiro atoms. The lowest BCUT2D eigenvalue weighted by molar-refractivity contribution is 0.916. The van der Waals surface area contributed by atoms with E-state index in [4.69, 9.17) is 19.9 Å². The SMILES string of the molecule is C1=Cc2c(c3ccccc3n2-c2c(-c3nc(-c4ccccc4)nc(-c4ccccc4)n3)nc(-n3c4ccccc4c4ccccc43)c(-n3c4ccccc4c4ccccc43)c2-n2c3c(c4ccccc42)CCC=C3)CC1. The van der Waals surface area contributed by atoms with E-state index in [0.717, 1.165) is 126 Å². The van der Waals surface area contributed by atoms with Gasteiger partial charge >= 0.3 is 0 Å². The van der Waals surface area contributed by atoms with Crippen molar-refractivity contribution in [2.24, 2.45) is 0 Å². The minimum atomic E-state index is 0.465. The Hall–Kier alpha value is -9.92. The molecule has 0 radical (unpaired) electrons. The predicted molar refractivity (Wildman–Crippen MR) is 311 cm³/mol. The van der Waals surface area contributed by atoms with E-state index in [1.54, 1.807) is 0 Å². The predicted octanol–water partition coefficient (Wildman–Crippen LogP) is 16.3. The lowest BCUT2D eigenvalue weighted by Gasteiger charge is -2.28. The van der Waals surface area contributed by atoms with E-state index in [1.165, 1.54) is 21.9 Å². The molecule has 16 rings (SSSR count). The average Bonchev–Trinajstić information content (AvgIpc) is 4.26. The maximum absolute atomic E-state index is 6.31. The van der Waals surface area contributed by atoms with Gasteiger partial charge in [0.25, 0.3) is 0 Å². The Kier molecular flexibility index (Phi) is 9.42. The Morgan fingerprint density at radius 2 is 0.645 bits per heavy atom. The fraction of sp³-hybridized carbons (Fsp3) is 0.0588. The summed E-state index contributed by atoms with van der Waals surface area (Å²) in [6.45, 7) is 0. The number of nitrogens with zero attached hydrogens (tertiary/aromatic N) is 8. The van der Waals surface area contributed by atoms with Crippen LogP contribution < -0.4 is 0 Å². The van der Waals surface area contributed by atoms with E-state index in [2.05, 4.69) is 212 Å². The number of allylic oxidation sites excluding steroid dienone is 2. The molecule has 358 valence electrons. The highest BCUT2D eigenvalue weighted by atomic mass is 15.2. The number of fused-ring (bicyclic) bond motifs is 12. The summed E-state index contributed by atoms with van der Waals surface area (Å²) in [5.74, 6) is 2.34. The van der Waals surface area contributed by atoms with E-state index >= 15 is 0 Å². The number of para-hydroxylation sites is 6. The zero-order valence-corrected chi connectivity index (χ0v) is 41.3. The number of hydrogen-bond acceptors (Lipinski definition) is 4. The van der Waals surface area contributed by atoms with Crippen LogP contribution in [0.15, 0.2) is 218 Å². The lowest BCUT2D eigenvalue weighted by atomic mass is 10.0. The summed E-state index contributed by atoms with van der Waals surface area (Å²) in [5.41, 5.74) is 16.5. The summed E-state index contributed by atoms with van der Waals surface area (Å²) in [5, 5.41) is 7.04. The standard InChI is InChI=1S/C68H46N8/c1-3-23-43(24-4-1)65-70-66(44-25-5-2-6-26-44)72-67(71-65)61-62(73-53-35-15-7-27-45(53)46-28-8-16-36-54(46)73)63(74-55-37-17-9-29-47(55)48-30-10-18-38-56(48)74)64(75-57-39-19-11-31-49(57)50-32-12-20-40-58(50)75)68(69-61)76-59-41-21-13-33-51(59)52-34-14-22-42-60(52)76/h1-7,9,11-27,29,31-42H,8,10,28,30H2. The molecule has 2 aliphatic rings. The van der Waals surface area contributed by atoms with Gasteiger partial charge in [-0.05, 0) is 85.4 Å². The number of benzene rings is 8. The number of aryl methyl sites for hydroxylation is 2. The second-order valence-corrected chi connectivity index (χ2v) is 19.9. The van der Waals surface area contributed by atoms with Gasteiger partial charge in [-0.1, -0.05) is 182 Å². The van der Waals surface area contributed by atoms with Gasteiger partial charge in [0.05, 0.1) is 33.1 Å². The molecule has 0 saturated carbocycles. The summed E-state index contributed by atoms with van der Waals surface area (Å²) >= 11 is 0. The van der Waals surface area contributed by atoms with Gasteiger partial charge in [-0.15, -0.1) is 0 Å². The summed E-state index contributed by atoms with van der Waals surface area (Å²) in [4.78, 5) is 22.8. The van der Waals surface area contributed by atoms with Crippen LogP contribution in [0.25, 0.3) is 135 Å². The van der Waals surface area contributed by atoms with Crippen molar-refractivity contribution < 1.29 is 0 Å². The lowest BCUT2D eigenvalue weighted by Crippen LogP contribution is -2.18. The van der Waals surface area contributed by atoms with Crippen LogP contribution in [0.2, 0.25) is 0 Å². The maximum Gasteiger partial charge on any atom is 0.184 e. The van der Waals surface area contributed by atoms with Crippen molar-refractivity contribution in [3.8, 4) is 57.2 Å². The van der Waals surface area contributed by atoms with Crippen molar-refractivity contribution in [3.05, 3.63) is 241 Å². The van der Waals surface area contributed by atoms with Crippen LogP contribution in [0.4, 0.5) is 0 Å². The van der Waals surface area contributed by atoms with Crippen molar-refractivity contribution in [1.82, 2.24) is 38.2 Å². The van der Waals surface area contributed by atoms with E-state index in [-0.39, 0.29) is 0 Å². The molecule has 2 aliphatic carbocycles. The van der Waals surface area contributed by atoms with Crippen molar-refractivity contribution in [2.75, 3.05) is 0 Å². The average molecular weight is 975 g/mol. The van der Waals surface area contributed by atoms with Crippen LogP contribution in [0.3, 0.4) is 0 Å². The molecule has 0 N–H and O–H groups in total. The number of rotatable bonds is 7. The van der Waals surface area contributed by atoms with Crippen LogP contribution >= 0.6 is 0 Å². The molecule has 0 bridgehead atoms. The highest BCUT2D eigenvalue weighted by Crippen LogP contribution is 2.49. The molecule has 6 heterocycles. The summed E-state index contributed by atoms with van der Waals surface area (Å²) in [6.07, 6.45) is 13.1. The van der Waals surface area contributed by atoms with Gasteiger partial charge in [0.15, 0.2) is 23.3 Å². The van der Waals surface area contributed by atoms with Crippen molar-refractivity contribution in [2.45, 2.75) is 25.7 Å². The molecule has 8 aromatic carbocycles. The first-order valence-corrected chi connectivity index (χ1v) is 26.3. The van der Waals surface area contributed by atoms with Gasteiger partial charge in [-0.3, -0.25) is 4.57 Å². The zero-order valence-electron chi connectivity index (χ0n) is 41.3. The molecular formula is C68H46N8. The topological polar surface area (TPSA) is 71.3 Å². The Morgan fingerprint density at radius 3 is 1.09 bits per heavy atom. The Bertz CT molecular complexity index is 4590. The molecule has 0 amide bonds. The molecule has 6 aromatic heterocycles. The minimum Gasteiger partial charge on any atom is -0.306 e. The van der Waals surface area contributed by atoms with Gasteiger partial charge in [0, 0.05) is 54.8 Å². The molecule has 76 heavy (non-hydrogen) atoms. The number of aromatic nitrogens is 8. The maximum atomic E-state index is 6.31. The molecule has 8 nitrogen and oxygen atoms in total. The van der Waals surface area contributed by atoms with Crippen LogP contribution in [-0.2, 0) is 12.8 Å². The Morgan fingerprint density at radius 1 is 0.289 bits per heavy atom. The fourth-order valence-electron chi connectivity index (χ4n) is 12.6. The third-order valence-corrected chi connectivity index (χ3v) is 15.8. The molecule has 0 aliphatic heterocycles. The summed E-state index contributed by atoms with van der Waals surface area (Å²) in [7, 11) is 0. The zero-order chi connectivity index (χ0) is 49.8. The van der Waals surface area contributed by atoms with Crippen molar-refractivity contribution in [3.63, 3.8) is 0 Å². The third-order valence-electron chi connectivity index (χ3n) is 15.8. The molecule has 0 fully saturated rings. The normalized spacial score (nSPS) is 13.2. The van der Waals surface area contributed by atoms with Gasteiger partial charge in [-0.25, -0.2) is 19.9 Å². The van der Waals surface area contributed by atoms with E-state index in [1.807, 2.05) is 36.4 Å². The van der Waals surface area contributed by atoms with Crippen LogP contribution in [-0.4, -0.2) is 38.2 Å². The van der Waals surface area contributed by atoms with E-state index < -0.39 is 0 Å². The van der Waals surface area contributed by atoms with Gasteiger partial charge in [0.2, 0.25) is 0 Å². The quantitative estimate of drug-likeness (QED) is 0.160. The van der Waals surface area contributed by atoms with Gasteiger partial charge < -0.3 is 13.7 Å². The number of hydrogen-bond donors (Lipinski definition) is 0. The molecular weight excluding hydrogens is 929 g/mol. The second-order valence-electron chi connectivity index (χ2n) is 19.9. The van der Waals surface area contributed by atoms with Gasteiger partial charge in [-0.2, -0.15) is 0 Å². The summed E-state index contributed by atoms with van der Waals surface area (Å²) < 4.78 is 9.95. The molecule has 0 atom stereocenters. The number of pyridine rings is 1. The summed E-state index contributed by atoms with van der Waals surface area (Å²) in [6, 6.07) is 73.6. The van der Waals surface area contributed by atoms with E-state index in [9.17, 15) is 0 Å². The highest BCUT2D eigenvalue weighted by molar-refractivity contribution is 6.13. The highest BCUT2D eigenvalue weighted by Gasteiger charge is 2.35. The largest absolute Gasteiger partial charge is 0.306 e. The van der Waals surface area contributed by atoms with Crippen molar-refractivity contribution >= 4 is 77.6 Å². The Balaban J connectivity index is 1.22.